The lowest BCUT2D eigenvalue weighted by atomic mass is 10.3. The largest absolute Gasteiger partial charge is 0.388 e. The molecule has 0 aliphatic heterocycles. The molecule has 0 radical (unpaired) electrons. The first kappa shape index (κ1) is 11.8. The molecule has 0 saturated heterocycles. The average Bonchev–Trinajstić information content (AvgIpc) is 2.40. The van der Waals surface area contributed by atoms with Crippen LogP contribution in [0.5, 0.6) is 0 Å². The van der Waals surface area contributed by atoms with Crippen molar-refractivity contribution >= 4 is 22.9 Å². The molecule has 0 amide bonds. The zero-order valence-corrected chi connectivity index (χ0v) is 9.75. The zero-order chi connectivity index (χ0) is 13.0. The molecule has 0 aliphatic rings. The predicted octanol–water partition coefficient (Wildman–Crippen LogP) is 2.78. The van der Waals surface area contributed by atoms with Crippen molar-refractivity contribution in [1.29, 1.82) is 0 Å². The molecule has 1 heterocycles. The van der Waals surface area contributed by atoms with E-state index in [4.69, 9.17) is 0 Å². The molecule has 0 atom stereocenters. The standard InChI is InChI=1S/C12H12N4O2/c1-13-9-2-4-10(5-3-9)15-12-7-6-11(8-14-12)16(17)18/h2-8,13H,1H3,(H,14,15). The maximum absolute atomic E-state index is 10.5. The number of nitro groups is 1. The van der Waals surface area contributed by atoms with Gasteiger partial charge in [0.15, 0.2) is 0 Å². The molecule has 6 nitrogen and oxygen atoms in total. The molecule has 1 aromatic heterocycles. The van der Waals surface area contributed by atoms with Crippen molar-refractivity contribution in [2.24, 2.45) is 0 Å². The second-order valence-corrected chi connectivity index (χ2v) is 3.61. The molecule has 0 unspecified atom stereocenters. The van der Waals surface area contributed by atoms with E-state index in [2.05, 4.69) is 15.6 Å². The Morgan fingerprint density at radius 1 is 1.11 bits per heavy atom. The van der Waals surface area contributed by atoms with Gasteiger partial charge < -0.3 is 10.6 Å². The van der Waals surface area contributed by atoms with Crippen molar-refractivity contribution in [3.05, 3.63) is 52.7 Å². The van der Waals surface area contributed by atoms with Crippen molar-refractivity contribution in [2.75, 3.05) is 17.7 Å². The summed E-state index contributed by atoms with van der Waals surface area (Å²) in [6.07, 6.45) is 1.23. The number of hydrogen-bond donors (Lipinski definition) is 2. The van der Waals surface area contributed by atoms with E-state index in [9.17, 15) is 10.1 Å². The van der Waals surface area contributed by atoms with Crippen LogP contribution in [0.15, 0.2) is 42.6 Å². The third-order valence-corrected chi connectivity index (χ3v) is 2.40. The summed E-state index contributed by atoms with van der Waals surface area (Å²) >= 11 is 0. The van der Waals surface area contributed by atoms with Gasteiger partial charge in [-0.2, -0.15) is 0 Å². The number of anilines is 3. The minimum absolute atomic E-state index is 0.0221. The van der Waals surface area contributed by atoms with Crippen LogP contribution >= 0.6 is 0 Å². The number of aromatic nitrogens is 1. The Morgan fingerprint density at radius 2 is 1.78 bits per heavy atom. The highest BCUT2D eigenvalue weighted by Gasteiger charge is 2.05. The highest BCUT2D eigenvalue weighted by molar-refractivity contribution is 5.60. The van der Waals surface area contributed by atoms with Crippen LogP contribution in [0.1, 0.15) is 0 Å². The second kappa shape index (κ2) is 5.13. The van der Waals surface area contributed by atoms with E-state index in [0.717, 1.165) is 11.4 Å². The summed E-state index contributed by atoms with van der Waals surface area (Å²) in [5.74, 6) is 0.567. The zero-order valence-electron chi connectivity index (χ0n) is 9.75. The van der Waals surface area contributed by atoms with E-state index >= 15 is 0 Å². The lowest BCUT2D eigenvalue weighted by Gasteiger charge is -2.06. The van der Waals surface area contributed by atoms with Crippen LogP contribution in [0.4, 0.5) is 22.9 Å². The van der Waals surface area contributed by atoms with Crippen molar-refractivity contribution in [3.8, 4) is 0 Å². The number of benzene rings is 1. The smallest absolute Gasteiger partial charge is 0.287 e. The monoisotopic (exact) mass is 244 g/mol. The van der Waals surface area contributed by atoms with Gasteiger partial charge in [0.2, 0.25) is 0 Å². The summed E-state index contributed by atoms with van der Waals surface area (Å²) in [4.78, 5) is 14.0. The highest BCUT2D eigenvalue weighted by atomic mass is 16.6. The fourth-order valence-electron chi connectivity index (χ4n) is 1.44. The second-order valence-electron chi connectivity index (χ2n) is 3.61. The van der Waals surface area contributed by atoms with Gasteiger partial charge in [-0.3, -0.25) is 10.1 Å². The summed E-state index contributed by atoms with van der Waals surface area (Å²) in [6, 6.07) is 10.6. The van der Waals surface area contributed by atoms with Gasteiger partial charge in [0, 0.05) is 24.5 Å². The molecule has 0 bridgehead atoms. The van der Waals surface area contributed by atoms with Crippen LogP contribution in [-0.2, 0) is 0 Å². The molecule has 2 rings (SSSR count). The third-order valence-electron chi connectivity index (χ3n) is 2.40. The Morgan fingerprint density at radius 3 is 2.28 bits per heavy atom. The van der Waals surface area contributed by atoms with Gasteiger partial charge in [-0.15, -0.1) is 0 Å². The van der Waals surface area contributed by atoms with Crippen LogP contribution in [-0.4, -0.2) is 17.0 Å². The summed E-state index contributed by atoms with van der Waals surface area (Å²) in [6.45, 7) is 0. The first-order valence-corrected chi connectivity index (χ1v) is 5.34. The Balaban J connectivity index is 2.10. The minimum Gasteiger partial charge on any atom is -0.388 e. The van der Waals surface area contributed by atoms with Crippen LogP contribution in [0.25, 0.3) is 0 Å². The van der Waals surface area contributed by atoms with E-state index in [0.29, 0.717) is 5.82 Å². The maximum Gasteiger partial charge on any atom is 0.287 e. The van der Waals surface area contributed by atoms with Gasteiger partial charge in [0.25, 0.3) is 5.69 Å². The SMILES string of the molecule is CNc1ccc(Nc2ccc([N+](=O)[O-])cn2)cc1. The van der Waals surface area contributed by atoms with Gasteiger partial charge >= 0.3 is 0 Å². The lowest BCUT2D eigenvalue weighted by molar-refractivity contribution is -0.385. The molecule has 2 aromatic rings. The maximum atomic E-state index is 10.5. The van der Waals surface area contributed by atoms with E-state index in [1.165, 1.54) is 12.3 Å². The highest BCUT2D eigenvalue weighted by Crippen LogP contribution is 2.18. The first-order chi connectivity index (χ1) is 8.69. The number of nitrogens with zero attached hydrogens (tertiary/aromatic N) is 2. The fraction of sp³-hybridized carbons (Fsp3) is 0.0833. The van der Waals surface area contributed by atoms with E-state index in [1.54, 1.807) is 6.07 Å². The molecule has 0 spiro atoms. The van der Waals surface area contributed by atoms with Crippen molar-refractivity contribution in [3.63, 3.8) is 0 Å². The van der Waals surface area contributed by atoms with E-state index < -0.39 is 4.92 Å². The Bertz CT molecular complexity index is 537. The Hall–Kier alpha value is -2.63. The molecule has 92 valence electrons. The molecule has 6 heteroatoms. The van der Waals surface area contributed by atoms with E-state index in [-0.39, 0.29) is 5.69 Å². The lowest BCUT2D eigenvalue weighted by Crippen LogP contribution is -1.95. The molecule has 0 fully saturated rings. The summed E-state index contributed by atoms with van der Waals surface area (Å²) in [7, 11) is 1.85. The Labute approximate surface area is 104 Å². The number of hydrogen-bond acceptors (Lipinski definition) is 5. The molecule has 1 aromatic carbocycles. The van der Waals surface area contributed by atoms with Gasteiger partial charge in [-0.1, -0.05) is 0 Å². The van der Waals surface area contributed by atoms with E-state index in [1.807, 2.05) is 31.3 Å². The number of nitrogens with one attached hydrogen (secondary N) is 2. The Kier molecular flexibility index (Phi) is 3.38. The molecular formula is C12H12N4O2. The quantitative estimate of drug-likeness (QED) is 0.638. The van der Waals surface area contributed by atoms with Gasteiger partial charge in [-0.05, 0) is 30.3 Å². The van der Waals surface area contributed by atoms with Gasteiger partial charge in [-0.25, -0.2) is 4.98 Å². The van der Waals surface area contributed by atoms with Crippen molar-refractivity contribution in [1.82, 2.24) is 4.98 Å². The van der Waals surface area contributed by atoms with Gasteiger partial charge in [0.1, 0.15) is 12.0 Å². The molecule has 2 N–H and O–H groups in total. The average molecular weight is 244 g/mol. The minimum atomic E-state index is -0.474. The molecule has 0 aliphatic carbocycles. The number of rotatable bonds is 4. The summed E-state index contributed by atoms with van der Waals surface area (Å²) in [5, 5.41) is 16.6. The first-order valence-electron chi connectivity index (χ1n) is 5.34. The normalized spacial score (nSPS) is 9.83. The fourth-order valence-corrected chi connectivity index (χ4v) is 1.44. The van der Waals surface area contributed by atoms with Gasteiger partial charge in [0.05, 0.1) is 4.92 Å². The summed E-state index contributed by atoms with van der Waals surface area (Å²) in [5.41, 5.74) is 1.86. The topological polar surface area (TPSA) is 80.1 Å². The molecule has 18 heavy (non-hydrogen) atoms. The van der Waals surface area contributed by atoms with Crippen molar-refractivity contribution < 1.29 is 4.92 Å². The van der Waals surface area contributed by atoms with Crippen LogP contribution < -0.4 is 10.6 Å². The van der Waals surface area contributed by atoms with Crippen molar-refractivity contribution in [2.45, 2.75) is 0 Å². The molecular weight excluding hydrogens is 232 g/mol. The number of pyridine rings is 1. The van der Waals surface area contributed by atoms with Crippen LogP contribution in [0.3, 0.4) is 0 Å². The van der Waals surface area contributed by atoms with Crippen LogP contribution in [0, 0.1) is 10.1 Å². The van der Waals surface area contributed by atoms with Crippen LogP contribution in [0.2, 0.25) is 0 Å². The summed E-state index contributed by atoms with van der Waals surface area (Å²) < 4.78 is 0. The molecule has 0 saturated carbocycles. The third kappa shape index (κ3) is 2.73. The predicted molar refractivity (Wildman–Crippen MR) is 70.2 cm³/mol.